The first kappa shape index (κ1) is 15.1. The molecule has 0 bridgehead atoms. The molecule has 4 heteroatoms. The Balaban J connectivity index is 1.78. The zero-order valence-electron chi connectivity index (χ0n) is 13.2. The molecule has 0 spiro atoms. The zero-order valence-corrected chi connectivity index (χ0v) is 13.2. The Hall–Kier alpha value is -1.81. The average molecular weight is 301 g/mol. The molecule has 1 N–H and O–H groups in total. The average Bonchev–Trinajstić information content (AvgIpc) is 2.54. The molecule has 2 unspecified atom stereocenters. The summed E-state index contributed by atoms with van der Waals surface area (Å²) in [6, 6.07) is 9.95. The SMILES string of the molecule is CCC1CC(Oc2ccc3ccc(=O)oc3c2)CC(CC)N1. The van der Waals surface area contributed by atoms with Gasteiger partial charge in [-0.2, -0.15) is 0 Å². The van der Waals surface area contributed by atoms with E-state index in [0.717, 1.165) is 36.8 Å². The van der Waals surface area contributed by atoms with E-state index in [0.29, 0.717) is 17.7 Å². The van der Waals surface area contributed by atoms with Gasteiger partial charge >= 0.3 is 5.63 Å². The molecule has 0 amide bonds. The van der Waals surface area contributed by atoms with Crippen LogP contribution in [0.1, 0.15) is 39.5 Å². The Morgan fingerprint density at radius 2 is 1.82 bits per heavy atom. The minimum atomic E-state index is -0.330. The maximum atomic E-state index is 11.3. The standard InChI is InChI=1S/C18H23NO3/c1-3-13-9-16(10-14(4-2)19-13)21-15-7-5-12-6-8-18(20)22-17(12)11-15/h5-8,11,13-14,16,19H,3-4,9-10H2,1-2H3. The lowest BCUT2D eigenvalue weighted by atomic mass is 9.93. The number of fused-ring (bicyclic) bond motifs is 1. The molecule has 4 nitrogen and oxygen atoms in total. The molecule has 22 heavy (non-hydrogen) atoms. The number of piperidine rings is 1. The summed E-state index contributed by atoms with van der Waals surface area (Å²) < 4.78 is 11.4. The first-order chi connectivity index (χ1) is 10.7. The molecule has 1 aromatic heterocycles. The molecule has 2 heterocycles. The van der Waals surface area contributed by atoms with Gasteiger partial charge in [0.25, 0.3) is 0 Å². The van der Waals surface area contributed by atoms with Crippen molar-refractivity contribution >= 4 is 11.0 Å². The molecule has 1 fully saturated rings. The van der Waals surface area contributed by atoms with Gasteiger partial charge in [0.15, 0.2) is 0 Å². The van der Waals surface area contributed by atoms with Crippen molar-refractivity contribution in [2.24, 2.45) is 0 Å². The van der Waals surface area contributed by atoms with Crippen molar-refractivity contribution in [3.8, 4) is 5.75 Å². The largest absolute Gasteiger partial charge is 0.490 e. The number of rotatable bonds is 4. The lowest BCUT2D eigenvalue weighted by Gasteiger charge is -2.35. The first-order valence-corrected chi connectivity index (χ1v) is 8.14. The van der Waals surface area contributed by atoms with Gasteiger partial charge in [0, 0.05) is 29.6 Å². The minimum Gasteiger partial charge on any atom is -0.490 e. The number of nitrogens with one attached hydrogen (secondary N) is 1. The summed E-state index contributed by atoms with van der Waals surface area (Å²) in [7, 11) is 0. The lowest BCUT2D eigenvalue weighted by molar-refractivity contribution is 0.112. The van der Waals surface area contributed by atoms with Crippen LogP contribution in [-0.2, 0) is 0 Å². The molecule has 1 aliphatic heterocycles. The molecule has 2 aromatic rings. The third-order valence-corrected chi connectivity index (χ3v) is 4.45. The first-order valence-electron chi connectivity index (χ1n) is 8.14. The second-order valence-electron chi connectivity index (χ2n) is 6.04. The molecule has 0 aliphatic carbocycles. The van der Waals surface area contributed by atoms with E-state index >= 15 is 0 Å². The van der Waals surface area contributed by atoms with Crippen LogP contribution < -0.4 is 15.7 Å². The van der Waals surface area contributed by atoms with E-state index in [1.807, 2.05) is 18.2 Å². The maximum absolute atomic E-state index is 11.3. The maximum Gasteiger partial charge on any atom is 0.336 e. The summed E-state index contributed by atoms with van der Waals surface area (Å²) in [6.45, 7) is 4.41. The molecule has 1 aromatic carbocycles. The molecule has 3 rings (SSSR count). The Morgan fingerprint density at radius 1 is 1.14 bits per heavy atom. The lowest BCUT2D eigenvalue weighted by Crippen LogP contribution is -2.48. The van der Waals surface area contributed by atoms with Gasteiger partial charge in [-0.3, -0.25) is 0 Å². The molecule has 0 radical (unpaired) electrons. The van der Waals surface area contributed by atoms with E-state index in [-0.39, 0.29) is 11.7 Å². The molecule has 2 atom stereocenters. The van der Waals surface area contributed by atoms with E-state index in [4.69, 9.17) is 9.15 Å². The normalized spacial score (nSPS) is 25.3. The Kier molecular flexibility index (Phi) is 4.48. The molecular weight excluding hydrogens is 278 g/mol. The number of hydrogen-bond acceptors (Lipinski definition) is 4. The second kappa shape index (κ2) is 6.53. The molecule has 1 aliphatic rings. The minimum absolute atomic E-state index is 0.212. The van der Waals surface area contributed by atoms with Crippen LogP contribution in [-0.4, -0.2) is 18.2 Å². The predicted molar refractivity (Wildman–Crippen MR) is 87.4 cm³/mol. The van der Waals surface area contributed by atoms with Crippen molar-refractivity contribution in [2.45, 2.75) is 57.7 Å². The van der Waals surface area contributed by atoms with E-state index in [9.17, 15) is 4.79 Å². The van der Waals surface area contributed by atoms with Crippen LogP contribution in [0.25, 0.3) is 11.0 Å². The van der Waals surface area contributed by atoms with Crippen molar-refractivity contribution in [3.05, 3.63) is 40.8 Å². The van der Waals surface area contributed by atoms with Crippen LogP contribution in [0, 0.1) is 0 Å². The summed E-state index contributed by atoms with van der Waals surface area (Å²) in [6.07, 6.45) is 4.48. The van der Waals surface area contributed by atoms with Crippen LogP contribution in [0.15, 0.2) is 39.5 Å². The van der Waals surface area contributed by atoms with Crippen molar-refractivity contribution in [1.29, 1.82) is 0 Å². The quantitative estimate of drug-likeness (QED) is 0.878. The number of hydrogen-bond donors (Lipinski definition) is 1. The third kappa shape index (κ3) is 3.33. The monoisotopic (exact) mass is 301 g/mol. The van der Waals surface area contributed by atoms with Crippen LogP contribution >= 0.6 is 0 Å². The highest BCUT2D eigenvalue weighted by molar-refractivity contribution is 5.77. The molecule has 0 saturated carbocycles. The smallest absolute Gasteiger partial charge is 0.336 e. The van der Waals surface area contributed by atoms with Crippen molar-refractivity contribution in [3.63, 3.8) is 0 Å². The highest BCUT2D eigenvalue weighted by atomic mass is 16.5. The van der Waals surface area contributed by atoms with E-state index < -0.39 is 0 Å². The molecular formula is C18H23NO3. The van der Waals surface area contributed by atoms with Gasteiger partial charge in [0.2, 0.25) is 0 Å². The summed E-state index contributed by atoms with van der Waals surface area (Å²) >= 11 is 0. The Labute approximate surface area is 130 Å². The van der Waals surface area contributed by atoms with E-state index in [2.05, 4.69) is 19.2 Å². The zero-order chi connectivity index (χ0) is 15.5. The van der Waals surface area contributed by atoms with Gasteiger partial charge in [-0.1, -0.05) is 13.8 Å². The fourth-order valence-electron chi connectivity index (χ4n) is 3.17. The van der Waals surface area contributed by atoms with E-state index in [1.54, 1.807) is 6.07 Å². The summed E-state index contributed by atoms with van der Waals surface area (Å²) in [5.74, 6) is 0.776. The van der Waals surface area contributed by atoms with Crippen LogP contribution in [0.5, 0.6) is 5.75 Å². The highest BCUT2D eigenvalue weighted by Gasteiger charge is 2.27. The summed E-state index contributed by atoms with van der Waals surface area (Å²) in [5.41, 5.74) is 0.252. The van der Waals surface area contributed by atoms with Gasteiger partial charge in [-0.15, -0.1) is 0 Å². The molecule has 118 valence electrons. The van der Waals surface area contributed by atoms with E-state index in [1.165, 1.54) is 6.07 Å². The highest BCUT2D eigenvalue weighted by Crippen LogP contribution is 2.25. The Morgan fingerprint density at radius 3 is 2.50 bits per heavy atom. The van der Waals surface area contributed by atoms with Crippen molar-refractivity contribution < 1.29 is 9.15 Å². The molecule has 1 saturated heterocycles. The third-order valence-electron chi connectivity index (χ3n) is 4.45. The Bertz CT molecular complexity index is 682. The van der Waals surface area contributed by atoms with Gasteiger partial charge in [-0.05, 0) is 43.9 Å². The number of benzene rings is 1. The van der Waals surface area contributed by atoms with Crippen molar-refractivity contribution in [2.75, 3.05) is 0 Å². The van der Waals surface area contributed by atoms with Gasteiger partial charge in [-0.25, -0.2) is 4.79 Å². The fraction of sp³-hybridized carbons (Fsp3) is 0.500. The van der Waals surface area contributed by atoms with Crippen LogP contribution in [0.4, 0.5) is 0 Å². The second-order valence-corrected chi connectivity index (χ2v) is 6.04. The van der Waals surface area contributed by atoms with Crippen LogP contribution in [0.2, 0.25) is 0 Å². The van der Waals surface area contributed by atoms with Crippen molar-refractivity contribution in [1.82, 2.24) is 5.32 Å². The van der Waals surface area contributed by atoms with Gasteiger partial charge in [0.05, 0.1) is 0 Å². The van der Waals surface area contributed by atoms with Gasteiger partial charge in [0.1, 0.15) is 17.4 Å². The summed E-state index contributed by atoms with van der Waals surface area (Å²) in [4.78, 5) is 11.3. The predicted octanol–water partition coefficient (Wildman–Crippen LogP) is 3.48. The topological polar surface area (TPSA) is 51.5 Å². The number of ether oxygens (including phenoxy) is 1. The summed E-state index contributed by atoms with van der Waals surface area (Å²) in [5, 5.41) is 4.58. The fourth-order valence-corrected chi connectivity index (χ4v) is 3.17. The van der Waals surface area contributed by atoms with Crippen LogP contribution in [0.3, 0.4) is 0 Å². The van der Waals surface area contributed by atoms with Gasteiger partial charge < -0.3 is 14.5 Å².